The lowest BCUT2D eigenvalue weighted by Crippen LogP contribution is -2.14. The quantitative estimate of drug-likeness (QED) is 0.539. The van der Waals surface area contributed by atoms with Crippen LogP contribution in [0, 0.1) is 6.92 Å². The van der Waals surface area contributed by atoms with Crippen LogP contribution in [0.1, 0.15) is 12.2 Å². The van der Waals surface area contributed by atoms with Gasteiger partial charge in [0.15, 0.2) is 5.82 Å². The van der Waals surface area contributed by atoms with Crippen molar-refractivity contribution in [2.24, 2.45) is 0 Å². The Balaban J connectivity index is 1.52. The van der Waals surface area contributed by atoms with Gasteiger partial charge in [-0.05, 0) is 43.3 Å². The highest BCUT2D eigenvalue weighted by molar-refractivity contribution is 7.99. The van der Waals surface area contributed by atoms with Gasteiger partial charge in [0.2, 0.25) is 5.91 Å². The molecule has 146 valence electrons. The van der Waals surface area contributed by atoms with Gasteiger partial charge in [0.25, 0.3) is 10.0 Å². The third kappa shape index (κ3) is 5.57. The van der Waals surface area contributed by atoms with Gasteiger partial charge < -0.3 is 9.84 Å². The van der Waals surface area contributed by atoms with Gasteiger partial charge in [-0.2, -0.15) is 0 Å². The first-order valence-corrected chi connectivity index (χ1v) is 10.8. The van der Waals surface area contributed by atoms with E-state index >= 15 is 0 Å². The van der Waals surface area contributed by atoms with Crippen molar-refractivity contribution in [2.45, 2.75) is 23.3 Å². The Kier molecular flexibility index (Phi) is 6.32. The van der Waals surface area contributed by atoms with Crippen molar-refractivity contribution >= 4 is 39.2 Å². The molecule has 1 aromatic carbocycles. The van der Waals surface area contributed by atoms with E-state index in [0.717, 1.165) is 5.03 Å². The van der Waals surface area contributed by atoms with Gasteiger partial charge in [-0.15, -0.1) is 11.8 Å². The Labute approximate surface area is 166 Å². The lowest BCUT2D eigenvalue weighted by Gasteiger charge is -2.08. The van der Waals surface area contributed by atoms with Crippen molar-refractivity contribution in [3.8, 4) is 0 Å². The molecule has 0 unspecified atom stereocenters. The molecule has 28 heavy (non-hydrogen) atoms. The summed E-state index contributed by atoms with van der Waals surface area (Å²) in [6.45, 7) is 1.66. The third-order valence-corrected chi connectivity index (χ3v) is 5.85. The topological polar surface area (TPSA) is 114 Å². The first-order valence-electron chi connectivity index (χ1n) is 8.32. The number of benzene rings is 1. The zero-order chi connectivity index (χ0) is 20.0. The number of amides is 1. The molecule has 0 saturated carbocycles. The zero-order valence-corrected chi connectivity index (χ0v) is 16.6. The normalized spacial score (nSPS) is 11.2. The van der Waals surface area contributed by atoms with E-state index in [2.05, 4.69) is 20.2 Å². The second kappa shape index (κ2) is 8.89. The van der Waals surface area contributed by atoms with Gasteiger partial charge in [-0.25, -0.2) is 13.4 Å². The highest BCUT2D eigenvalue weighted by Gasteiger charge is 2.16. The molecule has 0 atom stereocenters. The molecule has 0 aliphatic rings. The van der Waals surface area contributed by atoms with Gasteiger partial charge in [0, 0.05) is 30.1 Å². The van der Waals surface area contributed by atoms with Gasteiger partial charge >= 0.3 is 0 Å². The predicted molar refractivity (Wildman–Crippen MR) is 107 cm³/mol. The smallest absolute Gasteiger partial charge is 0.263 e. The van der Waals surface area contributed by atoms with Gasteiger partial charge in [0.05, 0.1) is 9.92 Å². The first-order chi connectivity index (χ1) is 13.4. The number of thioether (sulfide) groups is 1. The average molecular weight is 419 g/mol. The van der Waals surface area contributed by atoms with Crippen LogP contribution in [-0.4, -0.2) is 30.2 Å². The maximum absolute atomic E-state index is 12.3. The standard InChI is InChI=1S/C18H18N4O4S2/c1-13-12-16(21-26-13)22-28(24,25)15-7-5-14(6-8-15)20-17(23)9-11-27-18-4-2-3-10-19-18/h2-8,10,12H,9,11H2,1H3,(H,20,23)(H,21,22). The minimum absolute atomic E-state index is 0.0526. The monoisotopic (exact) mass is 418 g/mol. The van der Waals surface area contributed by atoms with Crippen molar-refractivity contribution in [3.63, 3.8) is 0 Å². The second-order valence-corrected chi connectivity index (χ2v) is 8.56. The molecule has 2 aromatic heterocycles. The van der Waals surface area contributed by atoms with Crippen molar-refractivity contribution in [1.82, 2.24) is 10.1 Å². The molecule has 3 aromatic rings. The molecule has 0 saturated heterocycles. The molecule has 10 heteroatoms. The fourth-order valence-electron chi connectivity index (χ4n) is 2.23. The number of carbonyl (C=O) groups excluding carboxylic acids is 1. The number of nitrogens with zero attached hydrogens (tertiary/aromatic N) is 2. The van der Waals surface area contributed by atoms with Crippen molar-refractivity contribution in [1.29, 1.82) is 0 Å². The minimum Gasteiger partial charge on any atom is -0.360 e. The lowest BCUT2D eigenvalue weighted by molar-refractivity contribution is -0.115. The zero-order valence-electron chi connectivity index (χ0n) is 15.0. The molecular formula is C18H18N4O4S2. The molecule has 0 radical (unpaired) electrons. The summed E-state index contributed by atoms with van der Waals surface area (Å²) in [5.41, 5.74) is 0.518. The molecule has 0 aliphatic carbocycles. The van der Waals surface area contributed by atoms with Crippen LogP contribution in [0.4, 0.5) is 11.5 Å². The van der Waals surface area contributed by atoms with Crippen LogP contribution in [0.25, 0.3) is 0 Å². The summed E-state index contributed by atoms with van der Waals surface area (Å²) in [5.74, 6) is 1.04. The number of carbonyl (C=O) groups is 1. The second-order valence-electron chi connectivity index (χ2n) is 5.77. The SMILES string of the molecule is Cc1cc(NS(=O)(=O)c2ccc(NC(=O)CCSc3ccccn3)cc2)no1. The number of anilines is 2. The minimum atomic E-state index is -3.79. The van der Waals surface area contributed by atoms with Crippen LogP contribution in [0.5, 0.6) is 0 Å². The van der Waals surface area contributed by atoms with Crippen LogP contribution in [0.2, 0.25) is 0 Å². The Hall–Kier alpha value is -2.85. The molecule has 3 rings (SSSR count). The predicted octanol–water partition coefficient (Wildman–Crippen LogP) is 3.30. The van der Waals surface area contributed by atoms with E-state index in [1.165, 1.54) is 42.1 Å². The largest absolute Gasteiger partial charge is 0.360 e. The van der Waals surface area contributed by atoms with E-state index < -0.39 is 10.0 Å². The van der Waals surface area contributed by atoms with Crippen molar-refractivity contribution in [2.75, 3.05) is 15.8 Å². The molecule has 2 heterocycles. The van der Waals surface area contributed by atoms with Crippen molar-refractivity contribution < 1.29 is 17.7 Å². The van der Waals surface area contributed by atoms with Crippen molar-refractivity contribution in [3.05, 3.63) is 60.5 Å². The summed E-state index contributed by atoms with van der Waals surface area (Å²) in [5, 5.41) is 7.21. The molecule has 2 N–H and O–H groups in total. The summed E-state index contributed by atoms with van der Waals surface area (Å²) < 4.78 is 31.8. The highest BCUT2D eigenvalue weighted by atomic mass is 32.2. The number of nitrogens with one attached hydrogen (secondary N) is 2. The summed E-state index contributed by atoms with van der Waals surface area (Å²) in [6, 6.07) is 13.0. The molecule has 0 bridgehead atoms. The fourth-order valence-corrected chi connectivity index (χ4v) is 4.02. The van der Waals surface area contributed by atoms with Crippen LogP contribution in [-0.2, 0) is 14.8 Å². The average Bonchev–Trinajstić information content (AvgIpc) is 3.07. The molecule has 8 nitrogen and oxygen atoms in total. The maximum atomic E-state index is 12.3. The summed E-state index contributed by atoms with van der Waals surface area (Å²) in [6.07, 6.45) is 2.02. The van der Waals surface area contributed by atoms with Gasteiger partial charge in [-0.3, -0.25) is 9.52 Å². The number of aryl methyl sites for hydroxylation is 1. The Bertz CT molecular complexity index is 1030. The first kappa shape index (κ1) is 19.9. The molecule has 0 spiro atoms. The molecule has 0 aliphatic heterocycles. The number of hydrogen-bond acceptors (Lipinski definition) is 7. The Morgan fingerprint density at radius 1 is 1.18 bits per heavy atom. The number of aromatic nitrogens is 2. The Morgan fingerprint density at radius 3 is 2.61 bits per heavy atom. The van der Waals surface area contributed by atoms with E-state index in [4.69, 9.17) is 4.52 Å². The van der Waals surface area contributed by atoms with Gasteiger partial charge in [-0.1, -0.05) is 11.2 Å². The van der Waals surface area contributed by atoms with Crippen LogP contribution < -0.4 is 10.0 Å². The van der Waals surface area contributed by atoms with Gasteiger partial charge in [0.1, 0.15) is 5.76 Å². The fraction of sp³-hybridized carbons (Fsp3) is 0.167. The van der Waals surface area contributed by atoms with Crippen LogP contribution in [0.3, 0.4) is 0 Å². The van der Waals surface area contributed by atoms with E-state index in [1.807, 2.05) is 18.2 Å². The van der Waals surface area contributed by atoms with E-state index in [1.54, 1.807) is 13.1 Å². The highest BCUT2D eigenvalue weighted by Crippen LogP contribution is 2.19. The van der Waals surface area contributed by atoms with E-state index in [9.17, 15) is 13.2 Å². The maximum Gasteiger partial charge on any atom is 0.263 e. The summed E-state index contributed by atoms with van der Waals surface area (Å²) in [4.78, 5) is 16.3. The van der Waals surface area contributed by atoms with E-state index in [0.29, 0.717) is 23.6 Å². The summed E-state index contributed by atoms with van der Waals surface area (Å²) in [7, 11) is -3.79. The third-order valence-electron chi connectivity index (χ3n) is 3.53. The Morgan fingerprint density at radius 2 is 1.96 bits per heavy atom. The number of rotatable bonds is 8. The number of pyridine rings is 1. The van der Waals surface area contributed by atoms with Crippen LogP contribution in [0.15, 0.2) is 69.2 Å². The lowest BCUT2D eigenvalue weighted by atomic mass is 10.3. The summed E-state index contributed by atoms with van der Waals surface area (Å²) >= 11 is 1.49. The number of hydrogen-bond donors (Lipinski definition) is 2. The van der Waals surface area contributed by atoms with Crippen LogP contribution >= 0.6 is 11.8 Å². The molecule has 1 amide bonds. The molecular weight excluding hydrogens is 400 g/mol. The van der Waals surface area contributed by atoms with E-state index in [-0.39, 0.29) is 16.6 Å². The molecule has 0 fully saturated rings. The number of sulfonamides is 1.